The van der Waals surface area contributed by atoms with Crippen molar-refractivity contribution in [2.24, 2.45) is 0 Å². The van der Waals surface area contributed by atoms with Crippen molar-refractivity contribution in [3.05, 3.63) is 11.5 Å². The summed E-state index contributed by atoms with van der Waals surface area (Å²) in [5.74, 6) is 0.734. The van der Waals surface area contributed by atoms with Crippen LogP contribution in [0.25, 0.3) is 0 Å². The highest BCUT2D eigenvalue weighted by Gasteiger charge is 2.07. The number of methoxy groups -OCH3 is 1. The highest BCUT2D eigenvalue weighted by Crippen LogP contribution is 2.17. The van der Waals surface area contributed by atoms with Gasteiger partial charge in [0.2, 0.25) is 0 Å². The van der Waals surface area contributed by atoms with Crippen LogP contribution in [0.15, 0.2) is 11.5 Å². The largest absolute Gasteiger partial charge is 0.469 e. The first kappa shape index (κ1) is 7.45. The van der Waals surface area contributed by atoms with Crippen LogP contribution in [0.1, 0.15) is 26.2 Å². The van der Waals surface area contributed by atoms with Crippen LogP contribution in [0.2, 0.25) is 0 Å². The van der Waals surface area contributed by atoms with Crippen molar-refractivity contribution in [3.8, 4) is 0 Å². The number of hydrogen-bond acceptors (Lipinski definition) is 2. The van der Waals surface area contributed by atoms with Gasteiger partial charge in [0, 0.05) is 5.57 Å². The van der Waals surface area contributed by atoms with Gasteiger partial charge in [-0.05, 0) is 26.2 Å². The van der Waals surface area contributed by atoms with Crippen molar-refractivity contribution in [1.29, 1.82) is 0 Å². The lowest BCUT2D eigenvalue weighted by molar-refractivity contribution is 0.0613. The van der Waals surface area contributed by atoms with Crippen LogP contribution in [-0.2, 0) is 9.47 Å². The van der Waals surface area contributed by atoms with Crippen LogP contribution in [0.5, 0.6) is 0 Å². The van der Waals surface area contributed by atoms with Gasteiger partial charge in [-0.15, -0.1) is 0 Å². The van der Waals surface area contributed by atoms with Gasteiger partial charge in [-0.1, -0.05) is 0 Å². The van der Waals surface area contributed by atoms with Crippen LogP contribution < -0.4 is 0 Å². The van der Waals surface area contributed by atoms with Crippen molar-refractivity contribution < 1.29 is 9.47 Å². The summed E-state index contributed by atoms with van der Waals surface area (Å²) in [4.78, 5) is 0. The van der Waals surface area contributed by atoms with Gasteiger partial charge in [0.25, 0.3) is 5.95 Å². The summed E-state index contributed by atoms with van der Waals surface area (Å²) in [6, 6.07) is 0. The molecule has 0 saturated heterocycles. The third-order valence-electron chi connectivity index (χ3n) is 1.71. The zero-order valence-corrected chi connectivity index (χ0v) is 6.64. The van der Waals surface area contributed by atoms with Gasteiger partial charge in [0.15, 0.2) is 0 Å². The van der Waals surface area contributed by atoms with Crippen molar-refractivity contribution >= 4 is 0 Å². The lowest BCUT2D eigenvalue weighted by atomic mass is 10.1. The maximum absolute atomic E-state index is 5.32. The lowest BCUT2D eigenvalue weighted by Crippen LogP contribution is -1.95. The molecule has 0 fully saturated rings. The molecule has 10 heavy (non-hydrogen) atoms. The van der Waals surface area contributed by atoms with E-state index in [1.165, 1.54) is 12.0 Å². The third kappa shape index (κ3) is 1.66. The van der Waals surface area contributed by atoms with E-state index in [1.807, 2.05) is 0 Å². The Balaban J connectivity index is 2.58. The Bertz CT molecular complexity index is 138. The third-order valence-corrected chi connectivity index (χ3v) is 1.71. The molecule has 0 radical (unpaired) electrons. The highest BCUT2D eigenvalue weighted by molar-refractivity contribution is 5.00. The van der Waals surface area contributed by atoms with Crippen LogP contribution >= 0.6 is 0 Å². The van der Waals surface area contributed by atoms with Crippen LogP contribution in [0.3, 0.4) is 0 Å². The minimum absolute atomic E-state index is 0.734. The highest BCUT2D eigenvalue weighted by atomic mass is 16.7. The summed E-state index contributed by atoms with van der Waals surface area (Å²) in [5.41, 5.74) is 1.24. The maximum Gasteiger partial charge on any atom is 0.277 e. The SMILES string of the molecule is COC1=C(C)CCCCO1. The molecule has 0 atom stereocenters. The van der Waals surface area contributed by atoms with Gasteiger partial charge in [0.05, 0.1) is 13.7 Å². The maximum atomic E-state index is 5.32. The Morgan fingerprint density at radius 2 is 2.20 bits per heavy atom. The molecule has 0 amide bonds. The Kier molecular flexibility index (Phi) is 2.60. The fourth-order valence-electron chi connectivity index (χ4n) is 1.12. The molecule has 0 aromatic carbocycles. The second-order valence-corrected chi connectivity index (χ2v) is 2.58. The molecule has 0 aromatic heterocycles. The molecule has 0 aliphatic carbocycles. The normalized spacial score (nSPS) is 19.8. The molecule has 0 unspecified atom stereocenters. The second-order valence-electron chi connectivity index (χ2n) is 2.58. The summed E-state index contributed by atoms with van der Waals surface area (Å²) in [6.07, 6.45) is 3.48. The van der Waals surface area contributed by atoms with E-state index in [0.29, 0.717) is 0 Å². The summed E-state index contributed by atoms with van der Waals surface area (Å²) >= 11 is 0. The summed E-state index contributed by atoms with van der Waals surface area (Å²) in [5, 5.41) is 0. The lowest BCUT2D eigenvalue weighted by Gasteiger charge is -2.06. The van der Waals surface area contributed by atoms with Gasteiger partial charge in [-0.25, -0.2) is 0 Å². The molecule has 0 bridgehead atoms. The molecule has 0 spiro atoms. The molecule has 1 heterocycles. The monoisotopic (exact) mass is 142 g/mol. The van der Waals surface area contributed by atoms with Gasteiger partial charge in [-0.2, -0.15) is 0 Å². The molecule has 0 N–H and O–H groups in total. The Hall–Kier alpha value is -0.660. The van der Waals surface area contributed by atoms with Crippen molar-refractivity contribution in [2.45, 2.75) is 26.2 Å². The number of rotatable bonds is 1. The molecular weight excluding hydrogens is 128 g/mol. The van der Waals surface area contributed by atoms with E-state index in [1.54, 1.807) is 7.11 Å². The van der Waals surface area contributed by atoms with Crippen LogP contribution in [-0.4, -0.2) is 13.7 Å². The van der Waals surface area contributed by atoms with Gasteiger partial charge in [-0.3, -0.25) is 0 Å². The fraction of sp³-hybridized carbons (Fsp3) is 0.750. The van der Waals surface area contributed by atoms with E-state index in [2.05, 4.69) is 6.92 Å². The molecule has 1 aliphatic rings. The summed E-state index contributed by atoms with van der Waals surface area (Å²) in [7, 11) is 1.66. The quantitative estimate of drug-likeness (QED) is 0.558. The Labute approximate surface area is 61.8 Å². The predicted octanol–water partition coefficient (Wildman–Crippen LogP) is 2.06. The van der Waals surface area contributed by atoms with Crippen LogP contribution in [0.4, 0.5) is 0 Å². The molecule has 58 valence electrons. The zero-order chi connectivity index (χ0) is 7.40. The zero-order valence-electron chi connectivity index (χ0n) is 6.64. The van der Waals surface area contributed by atoms with E-state index >= 15 is 0 Å². The van der Waals surface area contributed by atoms with Crippen LogP contribution in [0, 0.1) is 0 Å². The minimum Gasteiger partial charge on any atom is -0.469 e. The average Bonchev–Trinajstić information content (AvgIpc) is 2.13. The standard InChI is InChI=1S/C8H14O2/c1-7-5-3-4-6-10-8(7)9-2/h3-6H2,1-2H3. The van der Waals surface area contributed by atoms with E-state index in [0.717, 1.165) is 25.4 Å². The molecule has 1 rings (SSSR count). The molecule has 2 nitrogen and oxygen atoms in total. The van der Waals surface area contributed by atoms with Gasteiger partial charge >= 0.3 is 0 Å². The van der Waals surface area contributed by atoms with Gasteiger partial charge < -0.3 is 9.47 Å². The average molecular weight is 142 g/mol. The number of hydrogen-bond donors (Lipinski definition) is 0. The van der Waals surface area contributed by atoms with Crippen molar-refractivity contribution in [1.82, 2.24) is 0 Å². The molecule has 2 heteroatoms. The molecule has 0 saturated carbocycles. The minimum atomic E-state index is 0.734. The van der Waals surface area contributed by atoms with Gasteiger partial charge in [0.1, 0.15) is 0 Å². The Morgan fingerprint density at radius 3 is 2.90 bits per heavy atom. The fourth-order valence-corrected chi connectivity index (χ4v) is 1.12. The molecule has 1 aliphatic heterocycles. The first-order valence-electron chi connectivity index (χ1n) is 3.71. The van der Waals surface area contributed by atoms with E-state index < -0.39 is 0 Å². The predicted molar refractivity (Wildman–Crippen MR) is 39.5 cm³/mol. The Morgan fingerprint density at radius 1 is 1.40 bits per heavy atom. The van der Waals surface area contributed by atoms with E-state index in [9.17, 15) is 0 Å². The number of ether oxygens (including phenoxy) is 2. The summed E-state index contributed by atoms with van der Waals surface area (Å²) < 4.78 is 10.4. The van der Waals surface area contributed by atoms with E-state index in [-0.39, 0.29) is 0 Å². The molecular formula is C8H14O2. The smallest absolute Gasteiger partial charge is 0.277 e. The van der Waals surface area contributed by atoms with Crippen molar-refractivity contribution in [2.75, 3.05) is 13.7 Å². The van der Waals surface area contributed by atoms with E-state index in [4.69, 9.17) is 9.47 Å². The molecule has 0 aromatic rings. The van der Waals surface area contributed by atoms with Crippen molar-refractivity contribution in [3.63, 3.8) is 0 Å². The topological polar surface area (TPSA) is 18.5 Å². The first-order chi connectivity index (χ1) is 4.84. The second kappa shape index (κ2) is 3.49. The summed E-state index contributed by atoms with van der Waals surface area (Å²) in [6.45, 7) is 2.87. The first-order valence-corrected chi connectivity index (χ1v) is 3.71. The number of allylic oxidation sites excluding steroid dienone is 1.